The highest BCUT2D eigenvalue weighted by atomic mass is 35.5. The van der Waals surface area contributed by atoms with Crippen LogP contribution in [-0.4, -0.2) is 18.6 Å². The molecule has 1 saturated heterocycles. The summed E-state index contributed by atoms with van der Waals surface area (Å²) in [6.45, 7) is 3.22. The molecule has 1 aromatic rings. The van der Waals surface area contributed by atoms with Gasteiger partial charge in [-0.3, -0.25) is 0 Å². The van der Waals surface area contributed by atoms with Gasteiger partial charge in [-0.15, -0.1) is 0 Å². The minimum atomic E-state index is -0.560. The van der Waals surface area contributed by atoms with E-state index in [1.165, 1.54) is 19.3 Å². The zero-order chi connectivity index (χ0) is 13.8. The van der Waals surface area contributed by atoms with E-state index in [1.807, 2.05) is 0 Å². The summed E-state index contributed by atoms with van der Waals surface area (Å²) in [5, 5.41) is 6.95. The largest absolute Gasteiger partial charge is 0.382 e. The van der Waals surface area contributed by atoms with Gasteiger partial charge in [0.25, 0.3) is 0 Å². The molecule has 2 nitrogen and oxygen atoms in total. The first kappa shape index (κ1) is 14.9. The van der Waals surface area contributed by atoms with Gasteiger partial charge in [-0.2, -0.15) is 0 Å². The van der Waals surface area contributed by atoms with E-state index in [-0.39, 0.29) is 16.1 Å². The van der Waals surface area contributed by atoms with Crippen LogP contribution in [0.5, 0.6) is 0 Å². The average molecular weight is 305 g/mol. The van der Waals surface area contributed by atoms with E-state index in [9.17, 15) is 4.39 Å². The Hall–Kier alpha value is -0.510. The van der Waals surface area contributed by atoms with Gasteiger partial charge in [0, 0.05) is 17.8 Å². The van der Waals surface area contributed by atoms with Crippen LogP contribution in [0.3, 0.4) is 0 Å². The molecule has 1 aliphatic rings. The SMILES string of the molecule is CC(CC1CCCCN1)Nc1cc(Cl)c(F)c(Cl)c1. The van der Waals surface area contributed by atoms with Crippen LogP contribution in [0.4, 0.5) is 10.1 Å². The van der Waals surface area contributed by atoms with Crippen LogP contribution in [0.1, 0.15) is 32.6 Å². The molecule has 0 saturated carbocycles. The topological polar surface area (TPSA) is 24.1 Å². The molecule has 0 aromatic heterocycles. The average Bonchev–Trinajstić information content (AvgIpc) is 2.37. The number of halogens is 3. The van der Waals surface area contributed by atoms with Crippen LogP contribution in [0.15, 0.2) is 12.1 Å². The van der Waals surface area contributed by atoms with Crippen molar-refractivity contribution in [1.29, 1.82) is 0 Å². The van der Waals surface area contributed by atoms with Gasteiger partial charge in [0.05, 0.1) is 10.0 Å². The molecule has 0 amide bonds. The predicted molar refractivity (Wildman–Crippen MR) is 79.8 cm³/mol. The normalized spacial score (nSPS) is 21.2. The maximum absolute atomic E-state index is 13.3. The summed E-state index contributed by atoms with van der Waals surface area (Å²) in [5.41, 5.74) is 0.764. The Kier molecular flexibility index (Phi) is 5.31. The Bertz CT molecular complexity index is 410. The lowest BCUT2D eigenvalue weighted by Crippen LogP contribution is -2.37. The first-order valence-electron chi connectivity index (χ1n) is 6.70. The van der Waals surface area contributed by atoms with Gasteiger partial charge in [0.2, 0.25) is 0 Å². The highest BCUT2D eigenvalue weighted by Gasteiger charge is 2.16. The molecule has 1 fully saturated rings. The number of piperidine rings is 1. The summed E-state index contributed by atoms with van der Waals surface area (Å²) < 4.78 is 13.3. The van der Waals surface area contributed by atoms with Crippen molar-refractivity contribution in [2.75, 3.05) is 11.9 Å². The van der Waals surface area contributed by atoms with Crippen molar-refractivity contribution >= 4 is 28.9 Å². The smallest absolute Gasteiger partial charge is 0.160 e. The van der Waals surface area contributed by atoms with E-state index in [2.05, 4.69) is 17.6 Å². The van der Waals surface area contributed by atoms with E-state index in [0.717, 1.165) is 18.7 Å². The van der Waals surface area contributed by atoms with Gasteiger partial charge >= 0.3 is 0 Å². The maximum Gasteiger partial charge on any atom is 0.160 e. The van der Waals surface area contributed by atoms with Crippen LogP contribution in [0, 0.1) is 5.82 Å². The molecule has 1 aliphatic heterocycles. The minimum absolute atomic E-state index is 0.0537. The molecule has 2 unspecified atom stereocenters. The van der Waals surface area contributed by atoms with Crippen molar-refractivity contribution in [3.8, 4) is 0 Å². The van der Waals surface area contributed by atoms with E-state index in [0.29, 0.717) is 6.04 Å². The second-order valence-corrected chi connectivity index (χ2v) is 6.00. The lowest BCUT2D eigenvalue weighted by Gasteiger charge is -2.27. The summed E-state index contributed by atoms with van der Waals surface area (Å²) in [6, 6.07) is 4.00. The fourth-order valence-electron chi connectivity index (χ4n) is 2.53. The monoisotopic (exact) mass is 304 g/mol. The van der Waals surface area contributed by atoms with Crippen LogP contribution in [0.25, 0.3) is 0 Å². The zero-order valence-corrected chi connectivity index (χ0v) is 12.5. The molecule has 0 aliphatic carbocycles. The van der Waals surface area contributed by atoms with Crippen LogP contribution in [-0.2, 0) is 0 Å². The number of anilines is 1. The molecule has 19 heavy (non-hydrogen) atoms. The van der Waals surface area contributed by atoms with Crippen LogP contribution < -0.4 is 10.6 Å². The fraction of sp³-hybridized carbons (Fsp3) is 0.571. The number of hydrogen-bond acceptors (Lipinski definition) is 2. The molecular weight excluding hydrogens is 286 g/mol. The second kappa shape index (κ2) is 6.78. The Morgan fingerprint density at radius 1 is 1.37 bits per heavy atom. The van der Waals surface area contributed by atoms with Gasteiger partial charge in [0.15, 0.2) is 5.82 Å². The molecule has 0 radical (unpaired) electrons. The Morgan fingerprint density at radius 3 is 2.63 bits per heavy atom. The van der Waals surface area contributed by atoms with Crippen molar-refractivity contribution < 1.29 is 4.39 Å². The third-order valence-corrected chi connectivity index (χ3v) is 4.00. The number of hydrogen-bond donors (Lipinski definition) is 2. The molecule has 0 bridgehead atoms. The van der Waals surface area contributed by atoms with Crippen molar-refractivity contribution in [3.05, 3.63) is 28.0 Å². The van der Waals surface area contributed by atoms with Crippen LogP contribution >= 0.6 is 23.2 Å². The summed E-state index contributed by atoms with van der Waals surface area (Å²) in [5.74, 6) is -0.560. The van der Waals surface area contributed by atoms with Gasteiger partial charge in [0.1, 0.15) is 0 Å². The standard InChI is InChI=1S/C14H19Cl2FN2/c1-9(6-10-4-2-3-5-18-10)19-11-7-12(15)14(17)13(16)8-11/h7-10,18-19H,2-6H2,1H3. The molecular formula is C14H19Cl2FN2. The molecule has 1 heterocycles. The first-order valence-corrected chi connectivity index (χ1v) is 7.46. The molecule has 2 N–H and O–H groups in total. The summed E-state index contributed by atoms with van der Waals surface area (Å²) in [7, 11) is 0. The molecule has 5 heteroatoms. The Balaban J connectivity index is 1.92. The van der Waals surface area contributed by atoms with Gasteiger partial charge in [-0.1, -0.05) is 29.6 Å². The van der Waals surface area contributed by atoms with Crippen molar-refractivity contribution in [1.82, 2.24) is 5.32 Å². The lowest BCUT2D eigenvalue weighted by atomic mass is 9.99. The number of nitrogens with one attached hydrogen (secondary N) is 2. The molecule has 1 aromatic carbocycles. The first-order chi connectivity index (χ1) is 9.06. The van der Waals surface area contributed by atoms with Gasteiger partial charge in [-0.25, -0.2) is 4.39 Å². The third kappa shape index (κ3) is 4.23. The third-order valence-electron chi connectivity index (χ3n) is 3.45. The maximum atomic E-state index is 13.3. The number of benzene rings is 1. The van der Waals surface area contributed by atoms with Gasteiger partial charge in [-0.05, 0) is 44.9 Å². The molecule has 0 spiro atoms. The highest BCUT2D eigenvalue weighted by Crippen LogP contribution is 2.28. The Labute approximate surface area is 123 Å². The second-order valence-electron chi connectivity index (χ2n) is 5.18. The Morgan fingerprint density at radius 2 is 2.05 bits per heavy atom. The van der Waals surface area contributed by atoms with E-state index >= 15 is 0 Å². The van der Waals surface area contributed by atoms with E-state index in [1.54, 1.807) is 12.1 Å². The minimum Gasteiger partial charge on any atom is -0.382 e. The summed E-state index contributed by atoms with van der Waals surface area (Å²) >= 11 is 11.6. The van der Waals surface area contributed by atoms with E-state index < -0.39 is 5.82 Å². The molecule has 2 atom stereocenters. The predicted octanol–water partition coefficient (Wildman–Crippen LogP) is 4.47. The summed E-state index contributed by atoms with van der Waals surface area (Å²) in [6.07, 6.45) is 4.81. The van der Waals surface area contributed by atoms with Gasteiger partial charge < -0.3 is 10.6 Å². The molecule has 106 valence electrons. The van der Waals surface area contributed by atoms with Crippen molar-refractivity contribution in [3.63, 3.8) is 0 Å². The quantitative estimate of drug-likeness (QED) is 0.802. The van der Waals surface area contributed by atoms with E-state index in [4.69, 9.17) is 23.2 Å². The fourth-order valence-corrected chi connectivity index (χ4v) is 3.02. The number of rotatable bonds is 4. The summed E-state index contributed by atoms with van der Waals surface area (Å²) in [4.78, 5) is 0. The van der Waals surface area contributed by atoms with Crippen molar-refractivity contribution in [2.24, 2.45) is 0 Å². The zero-order valence-electron chi connectivity index (χ0n) is 11.0. The highest BCUT2D eigenvalue weighted by molar-refractivity contribution is 6.35. The van der Waals surface area contributed by atoms with Crippen molar-refractivity contribution in [2.45, 2.75) is 44.7 Å². The van der Waals surface area contributed by atoms with Crippen LogP contribution in [0.2, 0.25) is 10.0 Å². The molecule has 2 rings (SSSR count). The lowest BCUT2D eigenvalue weighted by molar-refractivity contribution is 0.371.